The lowest BCUT2D eigenvalue weighted by Gasteiger charge is -2.03. The Kier molecular flexibility index (Phi) is 1.93. The van der Waals surface area contributed by atoms with Gasteiger partial charge >= 0.3 is 0 Å². The number of nitrogens with zero attached hydrogens (tertiary/aromatic N) is 1. The first-order valence-electron chi connectivity index (χ1n) is 4.01. The minimum atomic E-state index is 0.650. The molecule has 68 valence electrons. The third-order valence-corrected chi connectivity index (χ3v) is 2.45. The summed E-state index contributed by atoms with van der Waals surface area (Å²) in [6.07, 6.45) is 2.00. The molecule has 0 aliphatic rings. The Hall–Kier alpha value is -1.15. The molecule has 1 aromatic carbocycles. The van der Waals surface area contributed by atoms with Crippen LogP contribution < -0.4 is 4.74 Å². The Labute approximate surface area is 81.7 Å². The normalized spacial score (nSPS) is 10.7. The molecule has 3 heteroatoms. The zero-order valence-electron chi connectivity index (χ0n) is 7.54. The molecule has 0 spiro atoms. The summed E-state index contributed by atoms with van der Waals surface area (Å²) >= 11 is 5.99. The highest BCUT2D eigenvalue weighted by Gasteiger charge is 2.04. The Bertz CT molecular complexity index is 447. The molecule has 0 atom stereocenters. The summed E-state index contributed by atoms with van der Waals surface area (Å²) in [5.74, 6) is 0.723. The largest absolute Gasteiger partial charge is 0.495 e. The second kappa shape index (κ2) is 2.96. The zero-order chi connectivity index (χ0) is 9.42. The van der Waals surface area contributed by atoms with E-state index in [0.717, 1.165) is 16.7 Å². The van der Waals surface area contributed by atoms with E-state index in [1.807, 2.05) is 36.0 Å². The van der Waals surface area contributed by atoms with Gasteiger partial charge in [0.2, 0.25) is 0 Å². The summed E-state index contributed by atoms with van der Waals surface area (Å²) in [5.41, 5.74) is 1.12. The molecular formula is C10H10ClNO. The van der Waals surface area contributed by atoms with E-state index < -0.39 is 0 Å². The molecule has 0 aliphatic heterocycles. The van der Waals surface area contributed by atoms with Crippen molar-refractivity contribution in [3.8, 4) is 5.75 Å². The first kappa shape index (κ1) is 8.45. The van der Waals surface area contributed by atoms with Gasteiger partial charge in [0.25, 0.3) is 0 Å². The zero-order valence-corrected chi connectivity index (χ0v) is 8.30. The SMILES string of the molecule is COc1cc2ccn(C)c2cc1Cl. The Morgan fingerprint density at radius 1 is 1.38 bits per heavy atom. The Balaban J connectivity index is 2.76. The fourth-order valence-electron chi connectivity index (χ4n) is 1.43. The predicted molar refractivity (Wildman–Crippen MR) is 54.5 cm³/mol. The van der Waals surface area contributed by atoms with Crippen molar-refractivity contribution in [3.63, 3.8) is 0 Å². The van der Waals surface area contributed by atoms with Crippen LogP contribution in [-0.4, -0.2) is 11.7 Å². The van der Waals surface area contributed by atoms with Gasteiger partial charge in [0.05, 0.1) is 12.1 Å². The van der Waals surface area contributed by atoms with Crippen molar-refractivity contribution in [1.82, 2.24) is 4.57 Å². The highest BCUT2D eigenvalue weighted by atomic mass is 35.5. The van der Waals surface area contributed by atoms with Crippen molar-refractivity contribution >= 4 is 22.5 Å². The molecule has 0 aliphatic carbocycles. The molecule has 0 unspecified atom stereocenters. The van der Waals surface area contributed by atoms with E-state index in [-0.39, 0.29) is 0 Å². The third-order valence-electron chi connectivity index (χ3n) is 2.16. The van der Waals surface area contributed by atoms with E-state index in [0.29, 0.717) is 5.02 Å². The lowest BCUT2D eigenvalue weighted by molar-refractivity contribution is 0.415. The summed E-state index contributed by atoms with van der Waals surface area (Å²) in [4.78, 5) is 0. The maximum absolute atomic E-state index is 5.99. The molecule has 13 heavy (non-hydrogen) atoms. The monoisotopic (exact) mass is 195 g/mol. The molecule has 1 heterocycles. The summed E-state index contributed by atoms with van der Waals surface area (Å²) in [5, 5.41) is 1.79. The number of hydrogen-bond acceptors (Lipinski definition) is 1. The molecule has 2 aromatic rings. The van der Waals surface area contributed by atoms with Crippen LogP contribution in [0, 0.1) is 0 Å². The molecule has 2 nitrogen and oxygen atoms in total. The Morgan fingerprint density at radius 3 is 2.85 bits per heavy atom. The van der Waals surface area contributed by atoms with Crippen LogP contribution in [0.4, 0.5) is 0 Å². The lowest BCUT2D eigenvalue weighted by Crippen LogP contribution is -1.86. The number of rotatable bonds is 1. The molecule has 0 fully saturated rings. The van der Waals surface area contributed by atoms with E-state index in [4.69, 9.17) is 16.3 Å². The van der Waals surface area contributed by atoms with Gasteiger partial charge < -0.3 is 9.30 Å². The number of aryl methyl sites for hydroxylation is 1. The van der Waals surface area contributed by atoms with Gasteiger partial charge in [-0.1, -0.05) is 11.6 Å². The summed E-state index contributed by atoms with van der Waals surface area (Å²) in [7, 11) is 3.61. The van der Waals surface area contributed by atoms with Crippen LogP contribution in [0.3, 0.4) is 0 Å². The summed E-state index contributed by atoms with van der Waals surface area (Å²) < 4.78 is 7.15. The van der Waals surface area contributed by atoms with Crippen molar-refractivity contribution < 1.29 is 4.74 Å². The van der Waals surface area contributed by atoms with Crippen molar-refractivity contribution in [1.29, 1.82) is 0 Å². The van der Waals surface area contributed by atoms with Crippen molar-refractivity contribution in [3.05, 3.63) is 29.4 Å². The molecule has 0 N–H and O–H groups in total. The van der Waals surface area contributed by atoms with Gasteiger partial charge in [-0.15, -0.1) is 0 Å². The molecule has 0 amide bonds. The first-order valence-corrected chi connectivity index (χ1v) is 4.39. The van der Waals surface area contributed by atoms with Crippen LogP contribution in [0.15, 0.2) is 24.4 Å². The number of ether oxygens (including phenoxy) is 1. The highest BCUT2D eigenvalue weighted by molar-refractivity contribution is 6.32. The standard InChI is InChI=1S/C10H10ClNO/c1-12-4-3-7-5-10(13-2)8(11)6-9(7)12/h3-6H,1-2H3. The van der Waals surface area contributed by atoms with E-state index >= 15 is 0 Å². The van der Waals surface area contributed by atoms with Crippen LogP contribution >= 0.6 is 11.6 Å². The van der Waals surface area contributed by atoms with E-state index in [2.05, 4.69) is 0 Å². The summed E-state index contributed by atoms with van der Waals surface area (Å²) in [6.45, 7) is 0. The summed E-state index contributed by atoms with van der Waals surface area (Å²) in [6, 6.07) is 5.89. The first-order chi connectivity index (χ1) is 6.22. The molecule has 0 radical (unpaired) electrons. The van der Waals surface area contributed by atoms with E-state index in [1.165, 1.54) is 0 Å². The Morgan fingerprint density at radius 2 is 2.15 bits per heavy atom. The third kappa shape index (κ3) is 1.27. The van der Waals surface area contributed by atoms with Gasteiger partial charge in [0.1, 0.15) is 5.75 Å². The molecular weight excluding hydrogens is 186 g/mol. The maximum atomic E-state index is 5.99. The van der Waals surface area contributed by atoms with Gasteiger partial charge in [0.15, 0.2) is 0 Å². The van der Waals surface area contributed by atoms with Gasteiger partial charge in [0, 0.05) is 24.1 Å². The molecule has 0 bridgehead atoms. The molecule has 0 saturated heterocycles. The average molecular weight is 196 g/mol. The second-order valence-electron chi connectivity index (χ2n) is 2.97. The minimum Gasteiger partial charge on any atom is -0.495 e. The fraction of sp³-hybridized carbons (Fsp3) is 0.200. The smallest absolute Gasteiger partial charge is 0.138 e. The number of halogens is 1. The van der Waals surface area contributed by atoms with Crippen LogP contribution in [0.25, 0.3) is 10.9 Å². The van der Waals surface area contributed by atoms with Crippen LogP contribution in [-0.2, 0) is 7.05 Å². The van der Waals surface area contributed by atoms with E-state index in [9.17, 15) is 0 Å². The lowest BCUT2D eigenvalue weighted by atomic mass is 10.2. The topological polar surface area (TPSA) is 14.2 Å². The number of hydrogen-bond donors (Lipinski definition) is 0. The number of benzene rings is 1. The molecule has 1 aromatic heterocycles. The maximum Gasteiger partial charge on any atom is 0.138 e. The molecule has 0 saturated carbocycles. The van der Waals surface area contributed by atoms with Crippen molar-refractivity contribution in [2.24, 2.45) is 7.05 Å². The number of methoxy groups -OCH3 is 1. The van der Waals surface area contributed by atoms with Gasteiger partial charge in [-0.3, -0.25) is 0 Å². The van der Waals surface area contributed by atoms with Gasteiger partial charge in [-0.2, -0.15) is 0 Å². The van der Waals surface area contributed by atoms with Gasteiger partial charge in [-0.25, -0.2) is 0 Å². The van der Waals surface area contributed by atoms with Crippen LogP contribution in [0.5, 0.6) is 5.75 Å². The number of aromatic nitrogens is 1. The van der Waals surface area contributed by atoms with Gasteiger partial charge in [-0.05, 0) is 18.2 Å². The van der Waals surface area contributed by atoms with Crippen molar-refractivity contribution in [2.45, 2.75) is 0 Å². The second-order valence-corrected chi connectivity index (χ2v) is 3.38. The highest BCUT2D eigenvalue weighted by Crippen LogP contribution is 2.29. The number of fused-ring (bicyclic) bond motifs is 1. The van der Waals surface area contributed by atoms with E-state index in [1.54, 1.807) is 7.11 Å². The predicted octanol–water partition coefficient (Wildman–Crippen LogP) is 2.84. The average Bonchev–Trinajstić information content (AvgIpc) is 2.47. The molecule has 2 rings (SSSR count). The van der Waals surface area contributed by atoms with Crippen molar-refractivity contribution in [2.75, 3.05) is 7.11 Å². The quantitative estimate of drug-likeness (QED) is 0.683. The van der Waals surface area contributed by atoms with Crippen LogP contribution in [0.2, 0.25) is 5.02 Å². The minimum absolute atomic E-state index is 0.650. The fourth-order valence-corrected chi connectivity index (χ4v) is 1.66. The van der Waals surface area contributed by atoms with Crippen LogP contribution in [0.1, 0.15) is 0 Å².